The van der Waals surface area contributed by atoms with Crippen LogP contribution in [0, 0.1) is 0 Å². The van der Waals surface area contributed by atoms with Crippen molar-refractivity contribution in [1.82, 2.24) is 4.84 Å². The van der Waals surface area contributed by atoms with Gasteiger partial charge in [0.15, 0.2) is 0 Å². The maximum Gasteiger partial charge on any atom is 0.0705 e. The fourth-order valence-electron chi connectivity index (χ4n) is 2.82. The maximum absolute atomic E-state index is 9.92. The quantitative estimate of drug-likeness (QED) is 0.272. The molecule has 0 saturated heterocycles. The molecule has 0 heterocycles. The molecule has 0 fully saturated rings. The lowest BCUT2D eigenvalue weighted by Crippen LogP contribution is -2.34. The summed E-state index contributed by atoms with van der Waals surface area (Å²) in [7, 11) is 0. The zero-order valence-corrected chi connectivity index (χ0v) is 15.1. The molecule has 0 unspecified atom stereocenters. The van der Waals surface area contributed by atoms with E-state index in [-0.39, 0.29) is 12.1 Å². The summed E-state index contributed by atoms with van der Waals surface area (Å²) in [5.41, 5.74) is 0. The molecule has 0 bridgehead atoms. The van der Waals surface area contributed by atoms with Crippen molar-refractivity contribution in [3.63, 3.8) is 0 Å². The van der Waals surface area contributed by atoms with E-state index in [9.17, 15) is 5.11 Å². The van der Waals surface area contributed by atoms with Crippen LogP contribution in [-0.4, -0.2) is 17.3 Å². The molecular weight excluding hydrogens is 282 g/mol. The second-order valence-electron chi connectivity index (χ2n) is 6.37. The van der Waals surface area contributed by atoms with Gasteiger partial charge >= 0.3 is 0 Å². The molecule has 0 aliphatic carbocycles. The lowest BCUT2D eigenvalue weighted by atomic mass is 10.0. The van der Waals surface area contributed by atoms with Crippen LogP contribution in [0.5, 0.6) is 0 Å². The molecule has 0 aromatic carbocycles. The molecule has 0 spiro atoms. The fourth-order valence-corrected chi connectivity index (χ4v) is 3.12. The van der Waals surface area contributed by atoms with E-state index >= 15 is 0 Å². The maximum atomic E-state index is 9.92. The van der Waals surface area contributed by atoms with Gasteiger partial charge in [0.25, 0.3) is 0 Å². The van der Waals surface area contributed by atoms with E-state index in [2.05, 4.69) is 11.8 Å². The highest BCUT2D eigenvalue weighted by Crippen LogP contribution is 2.14. The Balaban J connectivity index is 3.18. The third kappa shape index (κ3) is 13.6. The van der Waals surface area contributed by atoms with Crippen LogP contribution >= 0.6 is 11.8 Å². The molecule has 0 aliphatic heterocycles. The first kappa shape index (κ1) is 21.2. The summed E-state index contributed by atoms with van der Waals surface area (Å²) >= 11 is 5.60. The van der Waals surface area contributed by atoms with Crippen LogP contribution in [0.25, 0.3) is 0 Å². The van der Waals surface area contributed by atoms with Gasteiger partial charge in [0.2, 0.25) is 0 Å². The minimum Gasteiger partial charge on any atom is -0.391 e. The predicted molar refractivity (Wildman–Crippen MR) is 94.8 cm³/mol. The van der Waals surface area contributed by atoms with Crippen LogP contribution in [0.1, 0.15) is 104 Å². The topological polar surface area (TPSA) is 32.3 Å². The first-order valence-electron chi connectivity index (χ1n) is 9.30. The van der Waals surface area contributed by atoms with Crippen LogP contribution < -0.4 is 4.84 Å². The standard InChI is InChI=1S/C18H38ClNO/c1-3-5-6-7-8-9-10-11-12-13-14-15-16-18(21)17(4-2)20-19/h17-18,20-21H,3-16H2,1-2H3/t17-,18+/m0/s1. The first-order chi connectivity index (χ1) is 10.3. The molecule has 0 rings (SSSR count). The monoisotopic (exact) mass is 319 g/mol. The lowest BCUT2D eigenvalue weighted by molar-refractivity contribution is 0.123. The van der Waals surface area contributed by atoms with Gasteiger partial charge < -0.3 is 5.11 Å². The zero-order valence-electron chi connectivity index (χ0n) is 14.4. The van der Waals surface area contributed by atoms with E-state index in [4.69, 9.17) is 11.8 Å². The molecule has 2 nitrogen and oxygen atoms in total. The van der Waals surface area contributed by atoms with E-state index in [0.717, 1.165) is 19.3 Å². The highest BCUT2D eigenvalue weighted by atomic mass is 35.5. The van der Waals surface area contributed by atoms with Gasteiger partial charge in [0.05, 0.1) is 6.10 Å². The highest BCUT2D eigenvalue weighted by Gasteiger charge is 2.15. The Morgan fingerprint density at radius 3 is 1.57 bits per heavy atom. The number of halogens is 1. The summed E-state index contributed by atoms with van der Waals surface area (Å²) in [6.45, 7) is 4.32. The molecule has 0 amide bonds. The predicted octanol–water partition coefficient (Wildman–Crippen LogP) is 5.96. The molecule has 0 aliphatic rings. The number of aliphatic hydroxyl groups is 1. The van der Waals surface area contributed by atoms with Gasteiger partial charge in [0, 0.05) is 6.04 Å². The van der Waals surface area contributed by atoms with E-state index in [1.807, 2.05) is 6.92 Å². The van der Waals surface area contributed by atoms with Gasteiger partial charge in [-0.05, 0) is 24.6 Å². The van der Waals surface area contributed by atoms with Crippen molar-refractivity contribution >= 4 is 11.8 Å². The van der Waals surface area contributed by atoms with Crippen LogP contribution in [0.2, 0.25) is 0 Å². The second kappa shape index (κ2) is 16.6. The normalized spacial score (nSPS) is 14.3. The molecular formula is C18H38ClNO. The fraction of sp³-hybridized carbons (Fsp3) is 1.00. The molecule has 0 aromatic rings. The minimum atomic E-state index is -0.296. The molecule has 2 atom stereocenters. The van der Waals surface area contributed by atoms with Gasteiger partial charge in [-0.1, -0.05) is 90.9 Å². The van der Waals surface area contributed by atoms with E-state index in [0.29, 0.717) is 0 Å². The second-order valence-corrected chi connectivity index (χ2v) is 6.59. The van der Waals surface area contributed by atoms with Crippen LogP contribution in [-0.2, 0) is 0 Å². The Bertz CT molecular complexity index is 198. The Morgan fingerprint density at radius 2 is 1.19 bits per heavy atom. The number of aliphatic hydroxyl groups excluding tert-OH is 1. The van der Waals surface area contributed by atoms with Gasteiger partial charge in [0.1, 0.15) is 0 Å². The third-order valence-electron chi connectivity index (χ3n) is 4.40. The minimum absolute atomic E-state index is 0.0411. The SMILES string of the molecule is CCCCCCCCCCCCCC[C@@H](O)[C@H](CC)NCl. The van der Waals surface area contributed by atoms with Gasteiger partial charge in [-0.15, -0.1) is 0 Å². The largest absolute Gasteiger partial charge is 0.391 e. The zero-order chi connectivity index (χ0) is 15.8. The Kier molecular flexibility index (Phi) is 16.7. The van der Waals surface area contributed by atoms with Crippen molar-refractivity contribution in [1.29, 1.82) is 0 Å². The molecule has 0 saturated carbocycles. The van der Waals surface area contributed by atoms with E-state index < -0.39 is 0 Å². The number of unbranched alkanes of at least 4 members (excludes halogenated alkanes) is 11. The molecule has 3 heteroatoms. The van der Waals surface area contributed by atoms with Crippen LogP contribution in [0.3, 0.4) is 0 Å². The average Bonchev–Trinajstić information content (AvgIpc) is 2.49. The van der Waals surface area contributed by atoms with Crippen molar-refractivity contribution in [2.75, 3.05) is 0 Å². The van der Waals surface area contributed by atoms with Gasteiger partial charge in [-0.3, -0.25) is 0 Å². The Morgan fingerprint density at radius 1 is 0.762 bits per heavy atom. The van der Waals surface area contributed by atoms with Gasteiger partial charge in [-0.2, -0.15) is 0 Å². The summed E-state index contributed by atoms with van der Waals surface area (Å²) in [6, 6.07) is 0.0411. The van der Waals surface area contributed by atoms with Crippen molar-refractivity contribution in [2.45, 2.75) is 116 Å². The van der Waals surface area contributed by atoms with Crippen molar-refractivity contribution in [3.8, 4) is 0 Å². The van der Waals surface area contributed by atoms with Crippen molar-refractivity contribution in [2.24, 2.45) is 0 Å². The number of rotatable bonds is 16. The van der Waals surface area contributed by atoms with E-state index in [1.54, 1.807) is 0 Å². The summed E-state index contributed by atoms with van der Waals surface area (Å²) in [5.74, 6) is 0. The summed E-state index contributed by atoms with van der Waals surface area (Å²) in [6.07, 6.45) is 17.7. The molecule has 0 aromatic heterocycles. The Hall–Kier alpha value is 0.210. The highest BCUT2D eigenvalue weighted by molar-refractivity contribution is 6.13. The Labute approximate surface area is 138 Å². The molecule has 21 heavy (non-hydrogen) atoms. The van der Waals surface area contributed by atoms with Crippen molar-refractivity contribution < 1.29 is 5.11 Å². The first-order valence-corrected chi connectivity index (χ1v) is 9.68. The number of hydrogen-bond acceptors (Lipinski definition) is 2. The summed E-state index contributed by atoms with van der Waals surface area (Å²) in [4.78, 5) is 2.67. The lowest BCUT2D eigenvalue weighted by Gasteiger charge is -2.19. The molecule has 2 N–H and O–H groups in total. The summed E-state index contributed by atoms with van der Waals surface area (Å²) < 4.78 is 0. The van der Waals surface area contributed by atoms with Gasteiger partial charge in [-0.25, -0.2) is 4.84 Å². The van der Waals surface area contributed by atoms with Crippen LogP contribution in [0.4, 0.5) is 0 Å². The number of hydrogen-bond donors (Lipinski definition) is 2. The average molecular weight is 320 g/mol. The number of nitrogens with one attached hydrogen (secondary N) is 1. The van der Waals surface area contributed by atoms with Crippen molar-refractivity contribution in [3.05, 3.63) is 0 Å². The van der Waals surface area contributed by atoms with E-state index in [1.165, 1.54) is 70.6 Å². The third-order valence-corrected chi connectivity index (χ3v) is 4.68. The summed E-state index contributed by atoms with van der Waals surface area (Å²) in [5, 5.41) is 9.92. The van der Waals surface area contributed by atoms with Crippen LogP contribution in [0.15, 0.2) is 0 Å². The molecule has 128 valence electrons. The smallest absolute Gasteiger partial charge is 0.0705 e. The molecule has 0 radical (unpaired) electrons.